The van der Waals surface area contributed by atoms with Gasteiger partial charge in [-0.3, -0.25) is 19.2 Å². The van der Waals surface area contributed by atoms with E-state index in [0.29, 0.717) is 0 Å². The molecule has 0 unspecified atom stereocenters. The van der Waals surface area contributed by atoms with E-state index in [2.05, 4.69) is 5.32 Å². The number of amides is 1. The Kier molecular flexibility index (Phi) is 6.52. The zero-order chi connectivity index (χ0) is 22.6. The number of rotatable bonds is 7. The predicted molar refractivity (Wildman–Crippen MR) is 114 cm³/mol. The summed E-state index contributed by atoms with van der Waals surface area (Å²) in [7, 11) is -4.21. The van der Waals surface area contributed by atoms with Crippen molar-refractivity contribution in [2.24, 2.45) is 0 Å². The normalized spacial score (nSPS) is 11.0. The van der Waals surface area contributed by atoms with Gasteiger partial charge in [-0.25, -0.2) is 12.8 Å². The second-order valence-corrected chi connectivity index (χ2v) is 8.54. The van der Waals surface area contributed by atoms with Crippen molar-refractivity contribution in [3.8, 4) is 0 Å². The number of nitrogens with zero attached hydrogens (tertiary/aromatic N) is 2. The van der Waals surface area contributed by atoms with Crippen LogP contribution >= 0.6 is 11.6 Å². The minimum atomic E-state index is -4.21. The molecule has 0 aliphatic carbocycles. The lowest BCUT2D eigenvalue weighted by atomic mass is 10.2. The van der Waals surface area contributed by atoms with Crippen molar-refractivity contribution in [1.82, 2.24) is 0 Å². The molecule has 3 aromatic rings. The summed E-state index contributed by atoms with van der Waals surface area (Å²) in [5.41, 5.74) is -0.115. The minimum Gasteiger partial charge on any atom is -0.324 e. The van der Waals surface area contributed by atoms with Crippen LogP contribution in [-0.2, 0) is 14.8 Å². The number of sulfonamides is 1. The third-order valence-corrected chi connectivity index (χ3v) is 6.27. The number of anilines is 2. The summed E-state index contributed by atoms with van der Waals surface area (Å²) in [4.78, 5) is 22.7. The van der Waals surface area contributed by atoms with Gasteiger partial charge in [-0.2, -0.15) is 0 Å². The first-order valence-electron chi connectivity index (χ1n) is 8.75. The fourth-order valence-electron chi connectivity index (χ4n) is 2.70. The van der Waals surface area contributed by atoms with Gasteiger partial charge in [-0.15, -0.1) is 0 Å². The molecular formula is C20H15ClFN3O5S. The Bertz CT molecular complexity index is 1220. The highest BCUT2D eigenvalue weighted by Gasteiger charge is 2.27. The van der Waals surface area contributed by atoms with E-state index in [1.807, 2.05) is 0 Å². The Hall–Kier alpha value is -3.50. The first-order chi connectivity index (χ1) is 14.7. The van der Waals surface area contributed by atoms with E-state index >= 15 is 0 Å². The number of nitro benzene ring substituents is 1. The van der Waals surface area contributed by atoms with E-state index in [9.17, 15) is 27.7 Å². The van der Waals surface area contributed by atoms with Crippen LogP contribution in [0.25, 0.3) is 0 Å². The molecule has 3 rings (SSSR count). The first kappa shape index (κ1) is 22.2. The lowest BCUT2D eigenvalue weighted by Gasteiger charge is -2.24. The number of benzene rings is 3. The van der Waals surface area contributed by atoms with Crippen molar-refractivity contribution >= 4 is 44.6 Å². The van der Waals surface area contributed by atoms with Gasteiger partial charge in [0.2, 0.25) is 5.91 Å². The fraction of sp³-hybridized carbons (Fsp3) is 0.0500. The molecule has 0 aliphatic heterocycles. The van der Waals surface area contributed by atoms with Crippen molar-refractivity contribution in [2.45, 2.75) is 4.90 Å². The van der Waals surface area contributed by atoms with Gasteiger partial charge in [0.1, 0.15) is 17.4 Å². The van der Waals surface area contributed by atoms with Gasteiger partial charge in [-0.05, 0) is 48.5 Å². The molecule has 0 fully saturated rings. The highest BCUT2D eigenvalue weighted by molar-refractivity contribution is 7.92. The zero-order valence-corrected chi connectivity index (χ0v) is 17.3. The van der Waals surface area contributed by atoms with E-state index in [4.69, 9.17) is 11.6 Å². The van der Waals surface area contributed by atoms with Crippen LogP contribution in [0.5, 0.6) is 0 Å². The lowest BCUT2D eigenvalue weighted by Crippen LogP contribution is -2.38. The molecule has 0 spiro atoms. The number of carbonyl (C=O) groups is 1. The van der Waals surface area contributed by atoms with Crippen LogP contribution in [0.1, 0.15) is 0 Å². The van der Waals surface area contributed by atoms with Gasteiger partial charge in [-0.1, -0.05) is 29.8 Å². The van der Waals surface area contributed by atoms with Gasteiger partial charge in [0.25, 0.3) is 15.7 Å². The molecule has 3 aromatic carbocycles. The summed E-state index contributed by atoms with van der Waals surface area (Å²) in [5, 5.41) is 13.4. The smallest absolute Gasteiger partial charge is 0.289 e. The number of nitrogens with one attached hydrogen (secondary N) is 1. The summed E-state index contributed by atoms with van der Waals surface area (Å²) in [5.74, 6) is -1.35. The molecule has 11 heteroatoms. The van der Waals surface area contributed by atoms with Crippen molar-refractivity contribution in [3.63, 3.8) is 0 Å². The van der Waals surface area contributed by atoms with Gasteiger partial charge in [0, 0.05) is 11.8 Å². The molecule has 31 heavy (non-hydrogen) atoms. The van der Waals surface area contributed by atoms with E-state index in [1.54, 1.807) is 18.2 Å². The van der Waals surface area contributed by atoms with E-state index < -0.39 is 38.9 Å². The summed E-state index contributed by atoms with van der Waals surface area (Å²) in [6, 6.07) is 15.8. The average Bonchev–Trinajstić information content (AvgIpc) is 2.74. The Balaban J connectivity index is 1.91. The molecule has 0 bridgehead atoms. The molecule has 0 saturated heterocycles. The average molecular weight is 464 g/mol. The molecule has 0 aliphatic rings. The Morgan fingerprint density at radius 2 is 1.71 bits per heavy atom. The van der Waals surface area contributed by atoms with Gasteiger partial charge in [0.15, 0.2) is 0 Å². The summed E-state index contributed by atoms with van der Waals surface area (Å²) in [6.45, 7) is -0.625. The molecule has 0 heterocycles. The largest absolute Gasteiger partial charge is 0.324 e. The molecule has 0 aromatic heterocycles. The number of carbonyl (C=O) groups excluding carboxylic acids is 1. The fourth-order valence-corrected chi connectivity index (χ4v) is 4.31. The highest BCUT2D eigenvalue weighted by Crippen LogP contribution is 2.28. The second kappa shape index (κ2) is 9.11. The maximum absolute atomic E-state index is 13.2. The van der Waals surface area contributed by atoms with Crippen LogP contribution in [0.2, 0.25) is 5.02 Å². The lowest BCUT2D eigenvalue weighted by molar-refractivity contribution is -0.384. The molecule has 1 N–H and O–H groups in total. The van der Waals surface area contributed by atoms with Crippen molar-refractivity contribution in [2.75, 3.05) is 16.2 Å². The number of nitro groups is 1. The van der Waals surface area contributed by atoms with Gasteiger partial charge < -0.3 is 5.32 Å². The van der Waals surface area contributed by atoms with Crippen LogP contribution in [0.4, 0.5) is 21.5 Å². The second-order valence-electron chi connectivity index (χ2n) is 6.27. The van der Waals surface area contributed by atoms with E-state index in [1.165, 1.54) is 24.3 Å². The molecule has 160 valence electrons. The molecule has 1 amide bonds. The molecule has 0 saturated carbocycles. The van der Waals surface area contributed by atoms with E-state index in [-0.39, 0.29) is 21.3 Å². The number of hydrogen-bond acceptors (Lipinski definition) is 5. The third kappa shape index (κ3) is 5.16. The Morgan fingerprint density at radius 3 is 2.32 bits per heavy atom. The zero-order valence-electron chi connectivity index (χ0n) is 15.7. The van der Waals surface area contributed by atoms with Crippen molar-refractivity contribution in [1.29, 1.82) is 0 Å². The molecule has 0 atom stereocenters. The van der Waals surface area contributed by atoms with Crippen molar-refractivity contribution in [3.05, 3.63) is 93.8 Å². The van der Waals surface area contributed by atoms with E-state index in [0.717, 1.165) is 34.6 Å². The molecule has 8 nitrogen and oxygen atoms in total. The number of hydrogen-bond donors (Lipinski definition) is 1. The Morgan fingerprint density at radius 1 is 1.06 bits per heavy atom. The monoisotopic (exact) mass is 463 g/mol. The van der Waals surface area contributed by atoms with Gasteiger partial charge >= 0.3 is 0 Å². The SMILES string of the molecule is O=C(CN(c1ccccc1)S(=O)(=O)c1ccc(F)cc1)Nc1ccc(Cl)c([N+](=O)[O-])c1. The Labute approximate surface area is 182 Å². The maximum Gasteiger partial charge on any atom is 0.289 e. The third-order valence-electron chi connectivity index (χ3n) is 4.16. The number of para-hydroxylation sites is 1. The minimum absolute atomic E-state index is 0.0771. The summed E-state index contributed by atoms with van der Waals surface area (Å²) < 4.78 is 40.4. The molecular weight excluding hydrogens is 449 g/mol. The standard InChI is InChI=1S/C20H15ClFN3O5S/c21-18-11-8-15(12-19(18)25(27)28)23-20(26)13-24(16-4-2-1-3-5-16)31(29,30)17-9-6-14(22)7-10-17/h1-12H,13H2,(H,23,26). The first-order valence-corrected chi connectivity index (χ1v) is 10.6. The van der Waals surface area contributed by atoms with Crippen LogP contribution in [-0.4, -0.2) is 25.8 Å². The van der Waals surface area contributed by atoms with Crippen LogP contribution in [0.3, 0.4) is 0 Å². The molecule has 0 radical (unpaired) electrons. The van der Waals surface area contributed by atoms with Gasteiger partial charge in [0.05, 0.1) is 15.5 Å². The summed E-state index contributed by atoms with van der Waals surface area (Å²) >= 11 is 5.76. The number of halogens is 2. The predicted octanol–water partition coefficient (Wildman–Crippen LogP) is 4.22. The van der Waals surface area contributed by atoms with Crippen LogP contribution < -0.4 is 9.62 Å². The quantitative estimate of drug-likeness (QED) is 0.416. The summed E-state index contributed by atoms with van der Waals surface area (Å²) in [6.07, 6.45) is 0. The van der Waals surface area contributed by atoms with Crippen LogP contribution in [0.15, 0.2) is 77.7 Å². The van der Waals surface area contributed by atoms with Crippen LogP contribution in [0, 0.1) is 15.9 Å². The van der Waals surface area contributed by atoms with Crippen molar-refractivity contribution < 1.29 is 22.5 Å². The topological polar surface area (TPSA) is 110 Å². The maximum atomic E-state index is 13.2. The highest BCUT2D eigenvalue weighted by atomic mass is 35.5.